The molecule has 1 amide bonds. The number of amides is 1. The second-order valence-electron chi connectivity index (χ2n) is 5.31. The van der Waals surface area contributed by atoms with Gasteiger partial charge in [-0.25, -0.2) is 0 Å². The maximum absolute atomic E-state index is 12.4. The molecule has 2 aromatic carbocycles. The Morgan fingerprint density at radius 2 is 2.00 bits per heavy atom. The molecule has 1 aromatic heterocycles. The first kappa shape index (κ1) is 16.2. The number of hydrogen-bond acceptors (Lipinski definition) is 3. The van der Waals surface area contributed by atoms with Crippen LogP contribution in [0.3, 0.4) is 0 Å². The number of aromatic nitrogens is 2. The SMILES string of the molecule is O=C(NCC(O)c1cccc(Cl)c1)c1cn[nH]c1-c1ccccc1. The fourth-order valence-corrected chi connectivity index (χ4v) is 2.60. The highest BCUT2D eigenvalue weighted by atomic mass is 35.5. The maximum Gasteiger partial charge on any atom is 0.255 e. The summed E-state index contributed by atoms with van der Waals surface area (Å²) in [7, 11) is 0. The van der Waals surface area contributed by atoms with Crippen LogP contribution in [0.5, 0.6) is 0 Å². The molecule has 0 aliphatic rings. The predicted octanol–water partition coefficient (Wildman–Crippen LogP) is 3.19. The summed E-state index contributed by atoms with van der Waals surface area (Å²) in [6.07, 6.45) is 0.642. The fraction of sp³-hybridized carbons (Fsp3) is 0.111. The number of aromatic amines is 1. The van der Waals surface area contributed by atoms with E-state index in [-0.39, 0.29) is 12.5 Å². The van der Waals surface area contributed by atoms with E-state index in [2.05, 4.69) is 15.5 Å². The molecular formula is C18H16ClN3O2. The first-order valence-corrected chi connectivity index (χ1v) is 7.83. The number of benzene rings is 2. The lowest BCUT2D eigenvalue weighted by atomic mass is 10.1. The van der Waals surface area contributed by atoms with Crippen molar-refractivity contribution in [1.82, 2.24) is 15.5 Å². The molecule has 3 N–H and O–H groups in total. The first-order valence-electron chi connectivity index (χ1n) is 7.45. The van der Waals surface area contributed by atoms with E-state index in [0.717, 1.165) is 5.56 Å². The maximum atomic E-state index is 12.4. The van der Waals surface area contributed by atoms with Crippen LogP contribution in [0, 0.1) is 0 Å². The molecule has 3 rings (SSSR count). The molecule has 0 bridgehead atoms. The topological polar surface area (TPSA) is 78.0 Å². The van der Waals surface area contributed by atoms with Gasteiger partial charge in [-0.2, -0.15) is 5.10 Å². The summed E-state index contributed by atoms with van der Waals surface area (Å²) < 4.78 is 0. The highest BCUT2D eigenvalue weighted by molar-refractivity contribution is 6.30. The third kappa shape index (κ3) is 3.64. The van der Waals surface area contributed by atoms with E-state index in [4.69, 9.17) is 11.6 Å². The van der Waals surface area contributed by atoms with Crippen LogP contribution in [0.25, 0.3) is 11.3 Å². The summed E-state index contributed by atoms with van der Waals surface area (Å²) in [5.74, 6) is -0.302. The quantitative estimate of drug-likeness (QED) is 0.667. The van der Waals surface area contributed by atoms with Crippen LogP contribution < -0.4 is 5.32 Å². The second kappa shape index (κ2) is 7.29. The number of carbonyl (C=O) groups excluding carboxylic acids is 1. The van der Waals surface area contributed by atoms with Crippen molar-refractivity contribution < 1.29 is 9.90 Å². The molecule has 1 unspecified atom stereocenters. The van der Waals surface area contributed by atoms with Crippen molar-refractivity contribution >= 4 is 17.5 Å². The van der Waals surface area contributed by atoms with Crippen LogP contribution in [0.4, 0.5) is 0 Å². The van der Waals surface area contributed by atoms with E-state index in [1.54, 1.807) is 24.3 Å². The lowest BCUT2D eigenvalue weighted by Crippen LogP contribution is -2.28. The third-order valence-electron chi connectivity index (χ3n) is 3.64. The van der Waals surface area contributed by atoms with Gasteiger partial charge < -0.3 is 10.4 Å². The van der Waals surface area contributed by atoms with E-state index in [1.165, 1.54) is 6.20 Å². The molecule has 122 valence electrons. The van der Waals surface area contributed by atoms with Gasteiger partial charge in [-0.3, -0.25) is 9.89 Å². The molecule has 1 atom stereocenters. The largest absolute Gasteiger partial charge is 0.387 e. The fourth-order valence-electron chi connectivity index (χ4n) is 2.40. The van der Waals surface area contributed by atoms with Gasteiger partial charge in [-0.05, 0) is 17.7 Å². The molecule has 0 aliphatic heterocycles. The number of rotatable bonds is 5. The van der Waals surface area contributed by atoms with Crippen LogP contribution in [0.1, 0.15) is 22.0 Å². The molecule has 6 heteroatoms. The van der Waals surface area contributed by atoms with Crippen LogP contribution >= 0.6 is 11.6 Å². The van der Waals surface area contributed by atoms with E-state index in [1.807, 2.05) is 30.3 Å². The summed E-state index contributed by atoms with van der Waals surface area (Å²) in [5, 5.41) is 20.2. The van der Waals surface area contributed by atoms with Crippen molar-refractivity contribution in [1.29, 1.82) is 0 Å². The minimum atomic E-state index is -0.834. The summed E-state index contributed by atoms with van der Waals surface area (Å²) in [4.78, 5) is 12.4. The minimum absolute atomic E-state index is 0.0819. The number of aliphatic hydroxyl groups excluding tert-OH is 1. The Bertz CT molecular complexity index is 833. The Hall–Kier alpha value is -2.63. The van der Waals surface area contributed by atoms with Crippen molar-refractivity contribution in [2.75, 3.05) is 6.54 Å². The average Bonchev–Trinajstić information content (AvgIpc) is 3.10. The van der Waals surface area contributed by atoms with Crippen LogP contribution in [0.15, 0.2) is 60.8 Å². The predicted molar refractivity (Wildman–Crippen MR) is 92.8 cm³/mol. The zero-order valence-corrected chi connectivity index (χ0v) is 13.5. The Morgan fingerprint density at radius 1 is 1.21 bits per heavy atom. The lowest BCUT2D eigenvalue weighted by molar-refractivity contribution is 0.0917. The lowest BCUT2D eigenvalue weighted by Gasteiger charge is -2.12. The smallest absolute Gasteiger partial charge is 0.255 e. The molecule has 3 aromatic rings. The van der Waals surface area contributed by atoms with E-state index in [0.29, 0.717) is 21.8 Å². The number of nitrogens with zero attached hydrogens (tertiary/aromatic N) is 1. The van der Waals surface area contributed by atoms with Crippen molar-refractivity contribution in [2.24, 2.45) is 0 Å². The molecule has 24 heavy (non-hydrogen) atoms. The molecule has 0 radical (unpaired) electrons. The van der Waals surface area contributed by atoms with Gasteiger partial charge in [0.05, 0.1) is 23.6 Å². The van der Waals surface area contributed by atoms with E-state index < -0.39 is 6.10 Å². The Kier molecular flexibility index (Phi) is 4.93. The molecule has 0 fully saturated rings. The molecule has 0 saturated carbocycles. The Labute approximate surface area is 144 Å². The van der Waals surface area contributed by atoms with Gasteiger partial charge in [0.2, 0.25) is 0 Å². The van der Waals surface area contributed by atoms with Crippen molar-refractivity contribution in [3.63, 3.8) is 0 Å². The summed E-state index contributed by atoms with van der Waals surface area (Å²) >= 11 is 5.91. The summed E-state index contributed by atoms with van der Waals surface area (Å²) in [6.45, 7) is 0.0819. The van der Waals surface area contributed by atoms with Gasteiger partial charge in [0.1, 0.15) is 0 Å². The zero-order valence-electron chi connectivity index (χ0n) is 12.7. The van der Waals surface area contributed by atoms with E-state index in [9.17, 15) is 9.90 Å². The average molecular weight is 342 g/mol. The van der Waals surface area contributed by atoms with Crippen molar-refractivity contribution in [3.05, 3.63) is 76.9 Å². The molecule has 0 spiro atoms. The molecule has 0 saturated heterocycles. The molecule has 5 nitrogen and oxygen atoms in total. The van der Waals surface area contributed by atoms with Crippen molar-refractivity contribution in [3.8, 4) is 11.3 Å². The first-order chi connectivity index (χ1) is 11.6. The van der Waals surface area contributed by atoms with Gasteiger partial charge in [-0.15, -0.1) is 0 Å². The van der Waals surface area contributed by atoms with Crippen LogP contribution in [-0.2, 0) is 0 Å². The molecule has 0 aliphatic carbocycles. The van der Waals surface area contributed by atoms with Crippen LogP contribution in [0.2, 0.25) is 5.02 Å². The van der Waals surface area contributed by atoms with Gasteiger partial charge >= 0.3 is 0 Å². The van der Waals surface area contributed by atoms with Gasteiger partial charge in [0.15, 0.2) is 0 Å². The number of hydrogen-bond donors (Lipinski definition) is 3. The number of nitrogens with one attached hydrogen (secondary N) is 2. The normalized spacial score (nSPS) is 11.9. The molecule has 1 heterocycles. The monoisotopic (exact) mass is 341 g/mol. The van der Waals surface area contributed by atoms with Crippen molar-refractivity contribution in [2.45, 2.75) is 6.10 Å². The standard InChI is InChI=1S/C18H16ClN3O2/c19-14-8-4-7-13(9-14)16(23)11-20-18(24)15-10-21-22-17(15)12-5-2-1-3-6-12/h1-10,16,23H,11H2,(H,20,24)(H,21,22). The van der Waals surface area contributed by atoms with Gasteiger partial charge in [0, 0.05) is 17.1 Å². The van der Waals surface area contributed by atoms with Gasteiger partial charge in [0.25, 0.3) is 5.91 Å². The zero-order chi connectivity index (χ0) is 16.9. The highest BCUT2D eigenvalue weighted by Gasteiger charge is 2.16. The van der Waals surface area contributed by atoms with Crippen LogP contribution in [-0.4, -0.2) is 27.8 Å². The Balaban J connectivity index is 1.69. The third-order valence-corrected chi connectivity index (χ3v) is 3.87. The number of H-pyrrole nitrogens is 1. The van der Waals surface area contributed by atoms with E-state index >= 15 is 0 Å². The summed E-state index contributed by atoms with van der Waals surface area (Å²) in [5.41, 5.74) is 2.60. The van der Waals surface area contributed by atoms with Gasteiger partial charge in [-0.1, -0.05) is 54.1 Å². The summed E-state index contributed by atoms with van der Waals surface area (Å²) in [6, 6.07) is 16.4. The number of halogens is 1. The number of aliphatic hydroxyl groups is 1. The number of carbonyl (C=O) groups is 1. The highest BCUT2D eigenvalue weighted by Crippen LogP contribution is 2.21. The molecular weight excluding hydrogens is 326 g/mol. The minimum Gasteiger partial charge on any atom is -0.387 e. The second-order valence-corrected chi connectivity index (χ2v) is 5.74. The Morgan fingerprint density at radius 3 is 2.75 bits per heavy atom.